The molecule has 3 heterocycles. The Kier molecular flexibility index (Phi) is 4.21. The highest BCUT2D eigenvalue weighted by atomic mass is 35.5. The van der Waals surface area contributed by atoms with Crippen molar-refractivity contribution < 1.29 is 0 Å². The summed E-state index contributed by atoms with van der Waals surface area (Å²) in [6.45, 7) is 2.87. The largest absolute Gasteiger partial charge is 0.299 e. The number of benzene rings is 1. The molecule has 1 fully saturated rings. The van der Waals surface area contributed by atoms with Gasteiger partial charge in [0.2, 0.25) is 5.65 Å². The number of rotatable bonds is 3. The molecule has 1 aromatic carbocycles. The number of halogens is 1. The smallest absolute Gasteiger partial charge is 0.290 e. The van der Waals surface area contributed by atoms with Crippen LogP contribution in [0.5, 0.6) is 0 Å². The summed E-state index contributed by atoms with van der Waals surface area (Å²) in [5.74, 6) is 1.99. The molecule has 3 aromatic rings. The van der Waals surface area contributed by atoms with E-state index in [0.717, 1.165) is 42.6 Å². The fourth-order valence-corrected chi connectivity index (χ4v) is 4.35. The number of nitrogens with zero attached hydrogens (tertiary/aromatic N) is 6. The summed E-state index contributed by atoms with van der Waals surface area (Å²) in [7, 11) is 0. The van der Waals surface area contributed by atoms with Crippen LogP contribution >= 0.6 is 11.6 Å². The van der Waals surface area contributed by atoms with E-state index in [2.05, 4.69) is 15.1 Å². The van der Waals surface area contributed by atoms with Gasteiger partial charge in [0, 0.05) is 30.6 Å². The molecule has 0 bridgehead atoms. The average molecular weight is 385 g/mol. The van der Waals surface area contributed by atoms with Crippen LogP contribution in [0.1, 0.15) is 48.8 Å². The third-order valence-corrected chi connectivity index (χ3v) is 5.92. The van der Waals surface area contributed by atoms with E-state index in [9.17, 15) is 4.79 Å². The lowest BCUT2D eigenvalue weighted by Gasteiger charge is -2.28. The van der Waals surface area contributed by atoms with Gasteiger partial charge in [-0.2, -0.15) is 4.52 Å². The first-order chi connectivity index (χ1) is 13.2. The number of hydrogen-bond acceptors (Lipinski definition) is 5. The second-order valence-electron chi connectivity index (χ2n) is 7.49. The summed E-state index contributed by atoms with van der Waals surface area (Å²) in [6, 6.07) is 7.90. The summed E-state index contributed by atoms with van der Waals surface area (Å²) in [5.41, 5.74) is 1.47. The van der Waals surface area contributed by atoms with E-state index in [1.165, 1.54) is 18.4 Å². The second-order valence-corrected chi connectivity index (χ2v) is 7.92. The van der Waals surface area contributed by atoms with Crippen molar-refractivity contribution in [2.75, 3.05) is 6.54 Å². The van der Waals surface area contributed by atoms with E-state index in [1.807, 2.05) is 24.3 Å². The van der Waals surface area contributed by atoms with Gasteiger partial charge in [-0.25, -0.2) is 0 Å². The molecule has 0 unspecified atom stereocenters. The van der Waals surface area contributed by atoms with Crippen LogP contribution in [-0.4, -0.2) is 35.8 Å². The first-order valence-corrected chi connectivity index (χ1v) is 9.88. The summed E-state index contributed by atoms with van der Waals surface area (Å²) in [4.78, 5) is 15.2. The van der Waals surface area contributed by atoms with E-state index in [4.69, 9.17) is 16.7 Å². The molecule has 0 amide bonds. The zero-order valence-corrected chi connectivity index (χ0v) is 15.8. The predicted molar refractivity (Wildman–Crippen MR) is 102 cm³/mol. The minimum Gasteiger partial charge on any atom is -0.290 e. The van der Waals surface area contributed by atoms with Gasteiger partial charge in [0.05, 0.1) is 6.54 Å². The molecule has 2 aromatic heterocycles. The lowest BCUT2D eigenvalue weighted by Crippen LogP contribution is -2.40. The Balaban J connectivity index is 1.47. The highest BCUT2D eigenvalue weighted by Gasteiger charge is 2.27. The van der Waals surface area contributed by atoms with Gasteiger partial charge in [0.15, 0.2) is 5.82 Å². The van der Waals surface area contributed by atoms with Crippen molar-refractivity contribution in [1.82, 2.24) is 29.3 Å². The minimum atomic E-state index is -0.0807. The second kappa shape index (κ2) is 6.73. The fourth-order valence-electron chi connectivity index (χ4n) is 4.22. The number of aromatic nitrogens is 5. The van der Waals surface area contributed by atoms with Crippen LogP contribution in [0.2, 0.25) is 5.02 Å². The SMILES string of the molecule is O=c1c2nnc(C3CCCC3)n2nc2n1CCN(Cc1ccc(Cl)cc1)C2. The summed E-state index contributed by atoms with van der Waals surface area (Å²) in [5, 5.41) is 14.0. The Labute approximate surface area is 161 Å². The van der Waals surface area contributed by atoms with E-state index in [0.29, 0.717) is 24.7 Å². The Bertz CT molecular complexity index is 1030. The maximum atomic E-state index is 12.9. The summed E-state index contributed by atoms with van der Waals surface area (Å²) in [6.07, 6.45) is 4.61. The highest BCUT2D eigenvalue weighted by Crippen LogP contribution is 2.32. The molecule has 0 spiro atoms. The summed E-state index contributed by atoms with van der Waals surface area (Å²) >= 11 is 5.98. The lowest BCUT2D eigenvalue weighted by molar-refractivity contribution is 0.201. The molecule has 5 rings (SSSR count). The molecule has 140 valence electrons. The zero-order valence-electron chi connectivity index (χ0n) is 15.0. The van der Waals surface area contributed by atoms with Gasteiger partial charge in [-0.1, -0.05) is 36.6 Å². The molecule has 0 N–H and O–H groups in total. The Morgan fingerprint density at radius 2 is 1.85 bits per heavy atom. The molecule has 27 heavy (non-hydrogen) atoms. The Morgan fingerprint density at radius 3 is 2.63 bits per heavy atom. The third-order valence-electron chi connectivity index (χ3n) is 5.67. The molecule has 7 nitrogen and oxygen atoms in total. The predicted octanol–water partition coefficient (Wildman–Crippen LogP) is 2.61. The van der Waals surface area contributed by atoms with Gasteiger partial charge in [0.1, 0.15) is 5.82 Å². The normalized spacial score (nSPS) is 18.3. The third kappa shape index (κ3) is 3.04. The van der Waals surface area contributed by atoms with Crippen LogP contribution in [0.25, 0.3) is 5.65 Å². The number of hydrogen-bond donors (Lipinski definition) is 0. The zero-order chi connectivity index (χ0) is 18.4. The van der Waals surface area contributed by atoms with Crippen molar-refractivity contribution in [1.29, 1.82) is 0 Å². The average Bonchev–Trinajstić information content (AvgIpc) is 3.33. The molecule has 8 heteroatoms. The van der Waals surface area contributed by atoms with Crippen molar-refractivity contribution in [2.45, 2.75) is 51.2 Å². The van der Waals surface area contributed by atoms with Crippen molar-refractivity contribution >= 4 is 17.2 Å². The molecule has 1 aliphatic carbocycles. The maximum absolute atomic E-state index is 12.9. The van der Waals surface area contributed by atoms with Crippen LogP contribution in [0, 0.1) is 0 Å². The van der Waals surface area contributed by atoms with Crippen molar-refractivity contribution in [3.63, 3.8) is 0 Å². The molecule has 2 aliphatic rings. The summed E-state index contributed by atoms with van der Waals surface area (Å²) < 4.78 is 3.46. The van der Waals surface area contributed by atoms with Crippen LogP contribution in [0.4, 0.5) is 0 Å². The van der Waals surface area contributed by atoms with E-state index < -0.39 is 0 Å². The van der Waals surface area contributed by atoms with Gasteiger partial charge >= 0.3 is 0 Å². The topological polar surface area (TPSA) is 68.3 Å². The van der Waals surface area contributed by atoms with Gasteiger partial charge in [-0.15, -0.1) is 15.3 Å². The lowest BCUT2D eigenvalue weighted by atomic mass is 10.1. The van der Waals surface area contributed by atoms with Crippen LogP contribution < -0.4 is 5.56 Å². The van der Waals surface area contributed by atoms with Crippen LogP contribution in [0.15, 0.2) is 29.1 Å². The van der Waals surface area contributed by atoms with Gasteiger partial charge in [-0.05, 0) is 30.5 Å². The molecule has 1 aliphatic heterocycles. The van der Waals surface area contributed by atoms with Crippen LogP contribution in [0.3, 0.4) is 0 Å². The first-order valence-electron chi connectivity index (χ1n) is 9.51. The molecular weight excluding hydrogens is 364 g/mol. The first kappa shape index (κ1) is 16.9. The Morgan fingerprint density at radius 1 is 1.07 bits per heavy atom. The number of fused-ring (bicyclic) bond motifs is 2. The van der Waals surface area contributed by atoms with E-state index in [1.54, 1.807) is 9.08 Å². The quantitative estimate of drug-likeness (QED) is 0.694. The standard InChI is InChI=1S/C19H21ClN6O/c20-15-7-5-13(6-8-15)11-24-9-10-25-16(12-24)23-26-17(14-3-1-2-4-14)21-22-18(26)19(25)27/h5-8,14H,1-4,9-12H2. The van der Waals surface area contributed by atoms with E-state index >= 15 is 0 Å². The molecule has 0 radical (unpaired) electrons. The fraction of sp³-hybridized carbons (Fsp3) is 0.474. The molecule has 1 saturated carbocycles. The van der Waals surface area contributed by atoms with Gasteiger partial charge < -0.3 is 0 Å². The highest BCUT2D eigenvalue weighted by molar-refractivity contribution is 6.30. The molecular formula is C19H21ClN6O. The molecule has 0 atom stereocenters. The van der Waals surface area contributed by atoms with Gasteiger partial charge in [-0.3, -0.25) is 14.3 Å². The maximum Gasteiger partial charge on any atom is 0.299 e. The van der Waals surface area contributed by atoms with Crippen molar-refractivity contribution in [3.8, 4) is 0 Å². The molecule has 0 saturated heterocycles. The minimum absolute atomic E-state index is 0.0807. The van der Waals surface area contributed by atoms with Gasteiger partial charge in [0.25, 0.3) is 5.56 Å². The monoisotopic (exact) mass is 384 g/mol. The van der Waals surface area contributed by atoms with Crippen molar-refractivity contribution in [3.05, 3.63) is 56.9 Å². The van der Waals surface area contributed by atoms with Crippen molar-refractivity contribution in [2.24, 2.45) is 0 Å². The Hall–Kier alpha value is -2.25. The van der Waals surface area contributed by atoms with E-state index in [-0.39, 0.29) is 5.56 Å². The van der Waals surface area contributed by atoms with Crippen LogP contribution in [-0.2, 0) is 19.6 Å².